The van der Waals surface area contributed by atoms with Gasteiger partial charge in [0, 0.05) is 44.7 Å². The molecule has 0 saturated carbocycles. The molecule has 0 N–H and O–H groups in total. The van der Waals surface area contributed by atoms with E-state index in [-0.39, 0.29) is 5.91 Å². The van der Waals surface area contributed by atoms with Crippen LogP contribution in [0.1, 0.15) is 54.9 Å². The Labute approximate surface area is 172 Å². The maximum atomic E-state index is 11.6. The van der Waals surface area contributed by atoms with Crippen molar-refractivity contribution in [1.29, 1.82) is 0 Å². The predicted molar refractivity (Wildman–Crippen MR) is 112 cm³/mol. The summed E-state index contributed by atoms with van der Waals surface area (Å²) in [6.45, 7) is 7.90. The van der Waals surface area contributed by atoms with Gasteiger partial charge in [-0.25, -0.2) is 9.97 Å². The quantitative estimate of drug-likeness (QED) is 0.704. The molecular weight excluding hydrogens is 364 g/mol. The highest BCUT2D eigenvalue weighted by Crippen LogP contribution is 2.30. The topological polar surface area (TPSA) is 58.6 Å². The molecule has 1 aromatic carbocycles. The van der Waals surface area contributed by atoms with Gasteiger partial charge in [0.2, 0.25) is 5.91 Å². The van der Waals surface area contributed by atoms with Crippen molar-refractivity contribution in [2.24, 2.45) is 0 Å². The van der Waals surface area contributed by atoms with E-state index < -0.39 is 0 Å². The first kappa shape index (κ1) is 19.8. The highest BCUT2D eigenvalue weighted by Gasteiger charge is 2.29. The van der Waals surface area contributed by atoms with Crippen LogP contribution in [-0.2, 0) is 17.8 Å². The lowest BCUT2D eigenvalue weighted by Crippen LogP contribution is -2.35. The first-order valence-electron chi connectivity index (χ1n) is 10.6. The lowest BCUT2D eigenvalue weighted by molar-refractivity contribution is -0.129. The van der Waals surface area contributed by atoms with E-state index in [4.69, 9.17) is 9.72 Å². The van der Waals surface area contributed by atoms with Crippen molar-refractivity contribution in [3.63, 3.8) is 0 Å². The van der Waals surface area contributed by atoms with Crippen LogP contribution in [0.25, 0.3) is 0 Å². The minimum Gasteiger partial charge on any atom is -0.494 e. The van der Waals surface area contributed by atoms with Crippen molar-refractivity contribution in [2.75, 3.05) is 26.2 Å². The van der Waals surface area contributed by atoms with E-state index in [1.54, 1.807) is 6.92 Å². The Morgan fingerprint density at radius 2 is 2.21 bits per heavy atom. The van der Waals surface area contributed by atoms with Crippen LogP contribution in [0.2, 0.25) is 0 Å². The summed E-state index contributed by atoms with van der Waals surface area (Å²) in [5.41, 5.74) is 3.42. The normalized spacial score (nSPS) is 19.2. The van der Waals surface area contributed by atoms with E-state index >= 15 is 0 Å². The fourth-order valence-electron chi connectivity index (χ4n) is 4.31. The molecule has 3 heterocycles. The summed E-state index contributed by atoms with van der Waals surface area (Å²) in [6.07, 6.45) is 6.04. The van der Waals surface area contributed by atoms with Gasteiger partial charge in [-0.05, 0) is 50.4 Å². The molecule has 4 rings (SSSR count). The van der Waals surface area contributed by atoms with Gasteiger partial charge in [0.05, 0.1) is 18.3 Å². The van der Waals surface area contributed by atoms with Gasteiger partial charge in [0.1, 0.15) is 11.6 Å². The molecule has 1 amide bonds. The van der Waals surface area contributed by atoms with Crippen LogP contribution in [0, 0.1) is 6.92 Å². The Hall–Kier alpha value is -2.47. The average molecular weight is 395 g/mol. The maximum Gasteiger partial charge on any atom is 0.219 e. The van der Waals surface area contributed by atoms with E-state index in [9.17, 15) is 4.79 Å². The molecule has 2 aromatic rings. The molecule has 6 heteroatoms. The Morgan fingerprint density at radius 1 is 1.31 bits per heavy atom. The molecule has 1 fully saturated rings. The van der Waals surface area contributed by atoms with Crippen LogP contribution in [0.5, 0.6) is 5.75 Å². The van der Waals surface area contributed by atoms with Crippen molar-refractivity contribution in [3.05, 3.63) is 53.1 Å². The number of aryl methyl sites for hydroxylation is 1. The summed E-state index contributed by atoms with van der Waals surface area (Å²) in [7, 11) is 0. The van der Waals surface area contributed by atoms with Gasteiger partial charge in [-0.1, -0.05) is 12.1 Å². The van der Waals surface area contributed by atoms with Crippen molar-refractivity contribution >= 4 is 5.91 Å². The standard InChI is InChI=1S/C23H30N4O2/c1-17-6-3-7-20(14-17)29-13-5-11-26-10-4-8-22(26)23-24-15-19-16-27(18(2)28)12-9-21(19)25-23/h3,6-7,14-15,22H,4-5,8-13,16H2,1-2H3. The molecule has 0 spiro atoms. The lowest BCUT2D eigenvalue weighted by Gasteiger charge is -2.28. The van der Waals surface area contributed by atoms with E-state index in [1.165, 1.54) is 12.0 Å². The van der Waals surface area contributed by atoms with E-state index in [1.807, 2.05) is 23.2 Å². The molecule has 1 aromatic heterocycles. The molecule has 1 atom stereocenters. The second kappa shape index (κ2) is 8.91. The van der Waals surface area contributed by atoms with Gasteiger partial charge < -0.3 is 9.64 Å². The molecule has 0 aliphatic carbocycles. The number of carbonyl (C=O) groups is 1. The summed E-state index contributed by atoms with van der Waals surface area (Å²) < 4.78 is 5.90. The molecule has 2 aliphatic heterocycles. The first-order chi connectivity index (χ1) is 14.1. The Morgan fingerprint density at radius 3 is 3.03 bits per heavy atom. The second-order valence-electron chi connectivity index (χ2n) is 8.10. The third-order valence-electron chi connectivity index (χ3n) is 5.91. The zero-order valence-electron chi connectivity index (χ0n) is 17.4. The number of hydrogen-bond acceptors (Lipinski definition) is 5. The van der Waals surface area contributed by atoms with Crippen LogP contribution in [0.3, 0.4) is 0 Å². The summed E-state index contributed by atoms with van der Waals surface area (Å²) >= 11 is 0. The number of hydrogen-bond donors (Lipinski definition) is 0. The molecule has 1 unspecified atom stereocenters. The van der Waals surface area contributed by atoms with E-state index in [0.29, 0.717) is 12.6 Å². The second-order valence-corrected chi connectivity index (χ2v) is 8.10. The van der Waals surface area contributed by atoms with Crippen LogP contribution in [0.15, 0.2) is 30.5 Å². The fraction of sp³-hybridized carbons (Fsp3) is 0.522. The van der Waals surface area contributed by atoms with Crippen molar-refractivity contribution in [2.45, 2.75) is 52.1 Å². The van der Waals surface area contributed by atoms with Gasteiger partial charge in [0.25, 0.3) is 0 Å². The minimum atomic E-state index is 0.120. The van der Waals surface area contributed by atoms with Gasteiger partial charge in [-0.2, -0.15) is 0 Å². The molecule has 0 radical (unpaired) electrons. The van der Waals surface area contributed by atoms with Crippen LogP contribution in [-0.4, -0.2) is 51.9 Å². The number of carbonyl (C=O) groups excluding carboxylic acids is 1. The van der Waals surface area contributed by atoms with Gasteiger partial charge >= 0.3 is 0 Å². The monoisotopic (exact) mass is 394 g/mol. The number of amides is 1. The first-order valence-corrected chi connectivity index (χ1v) is 10.6. The zero-order chi connectivity index (χ0) is 20.2. The van der Waals surface area contributed by atoms with Crippen LogP contribution < -0.4 is 4.74 Å². The smallest absolute Gasteiger partial charge is 0.219 e. The average Bonchev–Trinajstić information content (AvgIpc) is 3.19. The molecule has 0 bridgehead atoms. The summed E-state index contributed by atoms with van der Waals surface area (Å²) in [4.78, 5) is 25.6. The Balaban J connectivity index is 1.33. The van der Waals surface area contributed by atoms with Crippen molar-refractivity contribution in [1.82, 2.24) is 19.8 Å². The molecule has 154 valence electrons. The number of nitrogens with zero attached hydrogens (tertiary/aromatic N) is 4. The molecule has 2 aliphatic rings. The summed E-state index contributed by atoms with van der Waals surface area (Å²) in [6, 6.07) is 8.50. The summed E-state index contributed by atoms with van der Waals surface area (Å²) in [5.74, 6) is 2.01. The third kappa shape index (κ3) is 4.75. The molecule has 29 heavy (non-hydrogen) atoms. The summed E-state index contributed by atoms with van der Waals surface area (Å²) in [5, 5.41) is 0. The van der Waals surface area contributed by atoms with E-state index in [2.05, 4.69) is 28.9 Å². The van der Waals surface area contributed by atoms with Gasteiger partial charge in [0.15, 0.2) is 0 Å². The van der Waals surface area contributed by atoms with Crippen LogP contribution >= 0.6 is 0 Å². The molecular formula is C23H30N4O2. The molecule has 6 nitrogen and oxygen atoms in total. The van der Waals surface area contributed by atoms with Crippen LogP contribution in [0.4, 0.5) is 0 Å². The Kier molecular flexibility index (Phi) is 6.09. The maximum absolute atomic E-state index is 11.6. The number of ether oxygens (including phenoxy) is 1. The van der Waals surface area contributed by atoms with Crippen molar-refractivity contribution in [3.8, 4) is 5.75 Å². The van der Waals surface area contributed by atoms with Crippen molar-refractivity contribution < 1.29 is 9.53 Å². The zero-order valence-corrected chi connectivity index (χ0v) is 17.4. The Bertz CT molecular complexity index is 870. The minimum absolute atomic E-state index is 0.120. The van der Waals surface area contributed by atoms with E-state index in [0.717, 1.165) is 68.3 Å². The largest absolute Gasteiger partial charge is 0.494 e. The number of aromatic nitrogens is 2. The number of benzene rings is 1. The predicted octanol–water partition coefficient (Wildman–Crippen LogP) is 3.30. The highest BCUT2D eigenvalue weighted by atomic mass is 16.5. The number of likely N-dealkylation sites (tertiary alicyclic amines) is 1. The fourth-order valence-corrected chi connectivity index (χ4v) is 4.31. The molecule has 1 saturated heterocycles. The highest BCUT2D eigenvalue weighted by molar-refractivity contribution is 5.73. The number of rotatable bonds is 6. The lowest BCUT2D eigenvalue weighted by atomic mass is 10.1. The van der Waals surface area contributed by atoms with Gasteiger partial charge in [-0.3, -0.25) is 9.69 Å². The third-order valence-corrected chi connectivity index (χ3v) is 5.91. The van der Waals surface area contributed by atoms with Gasteiger partial charge in [-0.15, -0.1) is 0 Å². The SMILES string of the molecule is CC(=O)N1CCc2nc(C3CCCN3CCCOc3cccc(C)c3)ncc2C1. The number of fused-ring (bicyclic) bond motifs is 1.